The summed E-state index contributed by atoms with van der Waals surface area (Å²) in [6, 6.07) is 14.2. The minimum Gasteiger partial charge on any atom is -0.497 e. The summed E-state index contributed by atoms with van der Waals surface area (Å²) < 4.78 is 5.13. The fraction of sp³-hybridized carbons (Fsp3) is 0.263. The number of anilines is 1. The zero-order valence-electron chi connectivity index (χ0n) is 14.0. The number of methoxy groups -OCH3 is 1. The van der Waals surface area contributed by atoms with Gasteiger partial charge in [0, 0.05) is 5.69 Å². The molecule has 0 fully saturated rings. The van der Waals surface area contributed by atoms with E-state index < -0.39 is 11.4 Å². The molecule has 24 heavy (non-hydrogen) atoms. The quantitative estimate of drug-likeness (QED) is 0.854. The van der Waals surface area contributed by atoms with E-state index in [2.05, 4.69) is 5.32 Å². The van der Waals surface area contributed by atoms with Crippen LogP contribution in [-0.4, -0.2) is 24.1 Å². The minimum atomic E-state index is -0.906. The number of carboxylic acid groups (broad SMARTS) is 1. The SMILES string of the molecule is COc1ccc(C(C)(C)C(=O)Nc2cccc(CC(=O)O)c2)cc1. The molecule has 0 atom stereocenters. The van der Waals surface area contributed by atoms with Gasteiger partial charge in [-0.3, -0.25) is 9.59 Å². The number of rotatable bonds is 6. The molecule has 2 rings (SSSR count). The van der Waals surface area contributed by atoms with Crippen LogP contribution in [0.2, 0.25) is 0 Å². The lowest BCUT2D eigenvalue weighted by Gasteiger charge is -2.24. The first-order valence-electron chi connectivity index (χ1n) is 7.59. The number of benzene rings is 2. The zero-order valence-corrected chi connectivity index (χ0v) is 14.0. The second-order valence-electron chi connectivity index (χ2n) is 6.08. The van der Waals surface area contributed by atoms with Gasteiger partial charge in [0.15, 0.2) is 0 Å². The Kier molecular flexibility index (Phi) is 5.24. The Labute approximate surface area is 141 Å². The van der Waals surface area contributed by atoms with E-state index in [4.69, 9.17) is 9.84 Å². The number of ether oxygens (including phenoxy) is 1. The third-order valence-electron chi connectivity index (χ3n) is 3.92. The largest absolute Gasteiger partial charge is 0.497 e. The molecule has 0 unspecified atom stereocenters. The number of carbonyl (C=O) groups excluding carboxylic acids is 1. The Hall–Kier alpha value is -2.82. The van der Waals surface area contributed by atoms with Crippen LogP contribution in [0.1, 0.15) is 25.0 Å². The zero-order chi connectivity index (χ0) is 17.7. The van der Waals surface area contributed by atoms with Gasteiger partial charge in [-0.05, 0) is 49.2 Å². The average molecular weight is 327 g/mol. The molecule has 0 heterocycles. The molecule has 0 bridgehead atoms. The molecule has 1 amide bonds. The van der Waals surface area contributed by atoms with E-state index >= 15 is 0 Å². The maximum absolute atomic E-state index is 12.7. The summed E-state index contributed by atoms with van der Waals surface area (Å²) in [5.41, 5.74) is 1.35. The number of hydrogen-bond acceptors (Lipinski definition) is 3. The van der Waals surface area contributed by atoms with Gasteiger partial charge in [0.05, 0.1) is 18.9 Å². The van der Waals surface area contributed by atoms with Crippen molar-refractivity contribution < 1.29 is 19.4 Å². The summed E-state index contributed by atoms with van der Waals surface area (Å²) in [4.78, 5) is 23.5. The van der Waals surface area contributed by atoms with Gasteiger partial charge in [0.1, 0.15) is 5.75 Å². The molecule has 0 radical (unpaired) electrons. The first kappa shape index (κ1) is 17.5. The summed E-state index contributed by atoms with van der Waals surface area (Å²) in [5, 5.41) is 11.7. The Morgan fingerprint density at radius 2 is 1.79 bits per heavy atom. The van der Waals surface area contributed by atoms with Crippen molar-refractivity contribution >= 4 is 17.6 Å². The number of aliphatic carboxylic acids is 1. The van der Waals surface area contributed by atoms with Crippen LogP contribution < -0.4 is 10.1 Å². The molecule has 0 aliphatic heterocycles. The summed E-state index contributed by atoms with van der Waals surface area (Å²) in [6.07, 6.45) is -0.0778. The first-order chi connectivity index (χ1) is 11.3. The van der Waals surface area contributed by atoms with Crippen molar-refractivity contribution in [3.8, 4) is 5.75 Å². The maximum Gasteiger partial charge on any atom is 0.307 e. The molecule has 2 aromatic carbocycles. The summed E-state index contributed by atoms with van der Waals surface area (Å²) in [7, 11) is 1.59. The van der Waals surface area contributed by atoms with E-state index in [0.717, 1.165) is 11.3 Å². The van der Waals surface area contributed by atoms with Crippen molar-refractivity contribution in [2.75, 3.05) is 12.4 Å². The molecule has 0 spiro atoms. The van der Waals surface area contributed by atoms with Crippen LogP contribution in [0.3, 0.4) is 0 Å². The fourth-order valence-corrected chi connectivity index (χ4v) is 2.36. The number of amides is 1. The Balaban J connectivity index is 2.16. The lowest BCUT2D eigenvalue weighted by molar-refractivity contribution is -0.136. The molecule has 5 nitrogen and oxygen atoms in total. The normalized spacial score (nSPS) is 11.0. The lowest BCUT2D eigenvalue weighted by Crippen LogP contribution is -2.34. The summed E-state index contributed by atoms with van der Waals surface area (Å²) >= 11 is 0. The molecule has 0 saturated heterocycles. The second-order valence-corrected chi connectivity index (χ2v) is 6.08. The van der Waals surface area contributed by atoms with Crippen molar-refractivity contribution in [2.45, 2.75) is 25.7 Å². The predicted molar refractivity (Wildman–Crippen MR) is 92.4 cm³/mol. The van der Waals surface area contributed by atoms with Crippen LogP contribution in [0.5, 0.6) is 5.75 Å². The molecule has 2 N–H and O–H groups in total. The highest BCUT2D eigenvalue weighted by Crippen LogP contribution is 2.27. The number of hydrogen-bond donors (Lipinski definition) is 2. The predicted octanol–water partition coefficient (Wildman–Crippen LogP) is 3.24. The van der Waals surface area contributed by atoms with Crippen molar-refractivity contribution in [3.05, 3.63) is 59.7 Å². The molecule has 0 saturated carbocycles. The van der Waals surface area contributed by atoms with Gasteiger partial charge in [-0.1, -0.05) is 24.3 Å². The molecular formula is C19H21NO4. The van der Waals surface area contributed by atoms with Crippen molar-refractivity contribution in [1.82, 2.24) is 0 Å². The van der Waals surface area contributed by atoms with Gasteiger partial charge in [0.25, 0.3) is 0 Å². The molecule has 0 aliphatic rings. The van der Waals surface area contributed by atoms with Gasteiger partial charge < -0.3 is 15.2 Å². The van der Waals surface area contributed by atoms with Gasteiger partial charge in [-0.2, -0.15) is 0 Å². The Morgan fingerprint density at radius 3 is 2.38 bits per heavy atom. The molecular weight excluding hydrogens is 306 g/mol. The molecule has 0 aliphatic carbocycles. The highest BCUT2D eigenvalue weighted by Gasteiger charge is 2.29. The third kappa shape index (κ3) is 4.13. The van der Waals surface area contributed by atoms with E-state index in [-0.39, 0.29) is 12.3 Å². The smallest absolute Gasteiger partial charge is 0.307 e. The monoisotopic (exact) mass is 327 g/mol. The van der Waals surface area contributed by atoms with Gasteiger partial charge >= 0.3 is 5.97 Å². The van der Waals surface area contributed by atoms with Gasteiger partial charge in [-0.25, -0.2) is 0 Å². The fourth-order valence-electron chi connectivity index (χ4n) is 2.36. The maximum atomic E-state index is 12.7. The minimum absolute atomic E-state index is 0.0778. The first-order valence-corrected chi connectivity index (χ1v) is 7.59. The third-order valence-corrected chi connectivity index (χ3v) is 3.92. The molecule has 5 heteroatoms. The number of carbonyl (C=O) groups is 2. The number of carboxylic acids is 1. The highest BCUT2D eigenvalue weighted by atomic mass is 16.5. The molecule has 2 aromatic rings. The van der Waals surface area contributed by atoms with Crippen LogP contribution in [0.25, 0.3) is 0 Å². The van der Waals surface area contributed by atoms with E-state index in [0.29, 0.717) is 11.3 Å². The topological polar surface area (TPSA) is 75.6 Å². The van der Waals surface area contributed by atoms with E-state index in [1.165, 1.54) is 0 Å². The van der Waals surface area contributed by atoms with Gasteiger partial charge in [0.2, 0.25) is 5.91 Å². The molecule has 126 valence electrons. The lowest BCUT2D eigenvalue weighted by atomic mass is 9.83. The number of nitrogens with one attached hydrogen (secondary N) is 1. The van der Waals surface area contributed by atoms with Crippen LogP contribution in [-0.2, 0) is 21.4 Å². The summed E-state index contributed by atoms with van der Waals surface area (Å²) in [5.74, 6) is -0.339. The average Bonchev–Trinajstić information content (AvgIpc) is 2.54. The van der Waals surface area contributed by atoms with Crippen LogP contribution in [0.4, 0.5) is 5.69 Å². The van der Waals surface area contributed by atoms with Gasteiger partial charge in [-0.15, -0.1) is 0 Å². The Morgan fingerprint density at radius 1 is 1.12 bits per heavy atom. The van der Waals surface area contributed by atoms with E-state index in [1.807, 2.05) is 38.1 Å². The van der Waals surface area contributed by atoms with Crippen molar-refractivity contribution in [2.24, 2.45) is 0 Å². The van der Waals surface area contributed by atoms with Crippen LogP contribution >= 0.6 is 0 Å². The van der Waals surface area contributed by atoms with Crippen molar-refractivity contribution in [3.63, 3.8) is 0 Å². The highest BCUT2D eigenvalue weighted by molar-refractivity contribution is 5.98. The summed E-state index contributed by atoms with van der Waals surface area (Å²) in [6.45, 7) is 3.68. The van der Waals surface area contributed by atoms with Crippen molar-refractivity contribution in [1.29, 1.82) is 0 Å². The molecule has 0 aromatic heterocycles. The van der Waals surface area contributed by atoms with Crippen LogP contribution in [0.15, 0.2) is 48.5 Å². The van der Waals surface area contributed by atoms with E-state index in [9.17, 15) is 9.59 Å². The van der Waals surface area contributed by atoms with Crippen LogP contribution in [0, 0.1) is 0 Å². The Bertz CT molecular complexity index is 735. The standard InChI is InChI=1S/C19H21NO4/c1-19(2,14-7-9-16(24-3)10-8-14)18(23)20-15-6-4-5-13(11-15)12-17(21)22/h4-11H,12H2,1-3H3,(H,20,23)(H,21,22). The second kappa shape index (κ2) is 7.17. The van der Waals surface area contributed by atoms with E-state index in [1.54, 1.807) is 31.4 Å².